The van der Waals surface area contributed by atoms with Gasteiger partial charge in [0.1, 0.15) is 5.82 Å². The van der Waals surface area contributed by atoms with E-state index in [4.69, 9.17) is 9.84 Å². The first-order chi connectivity index (χ1) is 8.66. The highest BCUT2D eigenvalue weighted by molar-refractivity contribution is 5.93. The summed E-state index contributed by atoms with van der Waals surface area (Å²) < 4.78 is 5.18. The third-order valence-electron chi connectivity index (χ3n) is 2.85. The summed E-state index contributed by atoms with van der Waals surface area (Å²) in [4.78, 5) is 26.6. The summed E-state index contributed by atoms with van der Waals surface area (Å²) in [6.07, 6.45) is 2.73. The third kappa shape index (κ3) is 3.04. The molecule has 1 amide bonds. The average molecular weight is 250 g/mol. The molecule has 96 valence electrons. The van der Waals surface area contributed by atoms with Gasteiger partial charge in [0.25, 0.3) is 0 Å². The van der Waals surface area contributed by atoms with E-state index >= 15 is 0 Å². The zero-order valence-electron chi connectivity index (χ0n) is 9.76. The van der Waals surface area contributed by atoms with E-state index in [1.54, 1.807) is 0 Å². The van der Waals surface area contributed by atoms with Crippen molar-refractivity contribution in [2.24, 2.45) is 5.92 Å². The van der Waals surface area contributed by atoms with Crippen LogP contribution in [0.15, 0.2) is 18.3 Å². The van der Waals surface area contributed by atoms with Crippen molar-refractivity contribution < 1.29 is 19.4 Å². The number of aromatic carboxylic acids is 1. The van der Waals surface area contributed by atoms with E-state index in [9.17, 15) is 9.59 Å². The quantitative estimate of drug-likeness (QED) is 0.839. The number of carboxylic acid groups (broad SMARTS) is 1. The molecule has 1 aromatic rings. The van der Waals surface area contributed by atoms with Gasteiger partial charge in [-0.25, -0.2) is 9.78 Å². The van der Waals surface area contributed by atoms with Gasteiger partial charge in [0.2, 0.25) is 5.91 Å². The number of aromatic nitrogens is 1. The molecule has 6 nitrogen and oxygen atoms in total. The second-order valence-corrected chi connectivity index (χ2v) is 4.11. The third-order valence-corrected chi connectivity index (χ3v) is 2.85. The molecule has 0 aromatic carbocycles. The Morgan fingerprint density at radius 3 is 2.78 bits per heavy atom. The molecule has 0 aliphatic carbocycles. The fraction of sp³-hybridized carbons (Fsp3) is 0.417. The smallest absolute Gasteiger partial charge is 0.335 e. The molecule has 1 aliphatic heterocycles. The summed E-state index contributed by atoms with van der Waals surface area (Å²) >= 11 is 0. The molecular weight excluding hydrogens is 236 g/mol. The van der Waals surface area contributed by atoms with Crippen molar-refractivity contribution in [3.63, 3.8) is 0 Å². The standard InChI is InChI=1S/C12H14N2O4/c15-11(8-2-5-18-6-3-8)14-10-7-9(12(16)17)1-4-13-10/h1,4,7-8H,2-3,5-6H2,(H,16,17)(H,13,14,15). The molecule has 0 unspecified atom stereocenters. The first-order valence-electron chi connectivity index (χ1n) is 5.75. The topological polar surface area (TPSA) is 88.5 Å². The lowest BCUT2D eigenvalue weighted by Crippen LogP contribution is -2.28. The SMILES string of the molecule is O=C(O)c1ccnc(NC(=O)C2CCOCC2)c1. The molecule has 1 aliphatic rings. The van der Waals surface area contributed by atoms with Crippen molar-refractivity contribution in [3.8, 4) is 0 Å². The fourth-order valence-electron chi connectivity index (χ4n) is 1.82. The van der Waals surface area contributed by atoms with Crippen LogP contribution in [0.3, 0.4) is 0 Å². The summed E-state index contributed by atoms with van der Waals surface area (Å²) in [7, 11) is 0. The van der Waals surface area contributed by atoms with Gasteiger partial charge in [-0.2, -0.15) is 0 Å². The summed E-state index contributed by atoms with van der Waals surface area (Å²) in [5, 5.41) is 11.5. The summed E-state index contributed by atoms with van der Waals surface area (Å²) in [6.45, 7) is 1.17. The number of nitrogens with zero attached hydrogens (tertiary/aromatic N) is 1. The summed E-state index contributed by atoms with van der Waals surface area (Å²) in [5.74, 6) is -0.993. The molecule has 1 saturated heterocycles. The van der Waals surface area contributed by atoms with E-state index < -0.39 is 5.97 Å². The molecular formula is C12H14N2O4. The van der Waals surface area contributed by atoms with Crippen molar-refractivity contribution in [2.45, 2.75) is 12.8 Å². The molecule has 0 saturated carbocycles. The van der Waals surface area contributed by atoms with E-state index in [1.807, 2.05) is 0 Å². The molecule has 0 radical (unpaired) electrons. The van der Waals surface area contributed by atoms with Crippen LogP contribution in [0.4, 0.5) is 5.82 Å². The predicted octanol–water partition coefficient (Wildman–Crippen LogP) is 1.14. The van der Waals surface area contributed by atoms with Crippen LogP contribution in [0.1, 0.15) is 23.2 Å². The zero-order chi connectivity index (χ0) is 13.0. The van der Waals surface area contributed by atoms with E-state index in [0.29, 0.717) is 26.1 Å². The van der Waals surface area contributed by atoms with Gasteiger partial charge in [-0.05, 0) is 25.0 Å². The van der Waals surface area contributed by atoms with Crippen LogP contribution in [0.2, 0.25) is 0 Å². The van der Waals surface area contributed by atoms with Crippen LogP contribution in [-0.2, 0) is 9.53 Å². The maximum absolute atomic E-state index is 11.9. The Morgan fingerprint density at radius 1 is 1.39 bits per heavy atom. The Kier molecular flexibility index (Phi) is 3.88. The minimum atomic E-state index is -1.04. The van der Waals surface area contributed by atoms with Gasteiger partial charge in [-0.3, -0.25) is 4.79 Å². The van der Waals surface area contributed by atoms with E-state index in [2.05, 4.69) is 10.3 Å². The minimum absolute atomic E-state index is 0.0889. The van der Waals surface area contributed by atoms with E-state index in [0.717, 1.165) is 0 Å². The molecule has 2 rings (SSSR count). The molecule has 1 fully saturated rings. The highest BCUT2D eigenvalue weighted by atomic mass is 16.5. The Morgan fingerprint density at radius 2 is 2.11 bits per heavy atom. The monoisotopic (exact) mass is 250 g/mol. The molecule has 0 atom stereocenters. The number of carbonyl (C=O) groups excluding carboxylic acids is 1. The molecule has 0 spiro atoms. The highest BCUT2D eigenvalue weighted by Crippen LogP contribution is 2.17. The van der Waals surface area contributed by atoms with Crippen molar-refractivity contribution in [3.05, 3.63) is 23.9 Å². The lowest BCUT2D eigenvalue weighted by molar-refractivity contribution is -0.122. The van der Waals surface area contributed by atoms with Crippen LogP contribution >= 0.6 is 0 Å². The number of ether oxygens (including phenoxy) is 1. The second kappa shape index (κ2) is 5.59. The van der Waals surface area contributed by atoms with Gasteiger partial charge < -0.3 is 15.2 Å². The molecule has 1 aromatic heterocycles. The maximum atomic E-state index is 11.9. The van der Waals surface area contributed by atoms with Gasteiger partial charge in [-0.1, -0.05) is 0 Å². The Balaban J connectivity index is 2.02. The van der Waals surface area contributed by atoms with Gasteiger partial charge in [-0.15, -0.1) is 0 Å². The van der Waals surface area contributed by atoms with E-state index in [-0.39, 0.29) is 23.2 Å². The van der Waals surface area contributed by atoms with Crippen LogP contribution in [0, 0.1) is 5.92 Å². The molecule has 0 bridgehead atoms. The Hall–Kier alpha value is -1.95. The number of pyridine rings is 1. The van der Waals surface area contributed by atoms with Crippen LogP contribution in [-0.4, -0.2) is 35.2 Å². The van der Waals surface area contributed by atoms with Crippen molar-refractivity contribution in [1.82, 2.24) is 4.98 Å². The number of carbonyl (C=O) groups is 2. The summed E-state index contributed by atoms with van der Waals surface area (Å²) in [6, 6.07) is 2.73. The lowest BCUT2D eigenvalue weighted by atomic mass is 9.99. The maximum Gasteiger partial charge on any atom is 0.335 e. The molecule has 2 heterocycles. The fourth-order valence-corrected chi connectivity index (χ4v) is 1.82. The molecule has 18 heavy (non-hydrogen) atoms. The van der Waals surface area contributed by atoms with Crippen molar-refractivity contribution in [1.29, 1.82) is 0 Å². The van der Waals surface area contributed by atoms with Gasteiger partial charge >= 0.3 is 5.97 Å². The number of anilines is 1. The average Bonchev–Trinajstić information content (AvgIpc) is 2.40. The van der Waals surface area contributed by atoms with Crippen LogP contribution in [0.25, 0.3) is 0 Å². The zero-order valence-corrected chi connectivity index (χ0v) is 9.76. The molecule has 2 N–H and O–H groups in total. The highest BCUT2D eigenvalue weighted by Gasteiger charge is 2.21. The van der Waals surface area contributed by atoms with Crippen LogP contribution in [0.5, 0.6) is 0 Å². The Bertz CT molecular complexity index is 455. The van der Waals surface area contributed by atoms with Crippen LogP contribution < -0.4 is 5.32 Å². The number of hydrogen-bond acceptors (Lipinski definition) is 4. The number of amides is 1. The number of nitrogens with one attached hydrogen (secondary N) is 1. The van der Waals surface area contributed by atoms with Gasteiger partial charge in [0.05, 0.1) is 5.56 Å². The minimum Gasteiger partial charge on any atom is -0.478 e. The molecule has 6 heteroatoms. The van der Waals surface area contributed by atoms with Crippen molar-refractivity contribution >= 4 is 17.7 Å². The van der Waals surface area contributed by atoms with Gasteiger partial charge in [0, 0.05) is 25.3 Å². The normalized spacial score (nSPS) is 16.2. The first-order valence-corrected chi connectivity index (χ1v) is 5.75. The number of hydrogen-bond donors (Lipinski definition) is 2. The predicted molar refractivity (Wildman–Crippen MR) is 63.4 cm³/mol. The summed E-state index contributed by atoms with van der Waals surface area (Å²) in [5.41, 5.74) is 0.104. The largest absolute Gasteiger partial charge is 0.478 e. The first kappa shape index (κ1) is 12.5. The van der Waals surface area contributed by atoms with Crippen molar-refractivity contribution in [2.75, 3.05) is 18.5 Å². The second-order valence-electron chi connectivity index (χ2n) is 4.11. The number of rotatable bonds is 3. The lowest BCUT2D eigenvalue weighted by Gasteiger charge is -2.20. The van der Waals surface area contributed by atoms with E-state index in [1.165, 1.54) is 18.3 Å². The van der Waals surface area contributed by atoms with Gasteiger partial charge in [0.15, 0.2) is 0 Å². The number of carboxylic acids is 1. The Labute approximate surface area is 104 Å².